The molecule has 0 aliphatic carbocycles. The summed E-state index contributed by atoms with van der Waals surface area (Å²) in [7, 11) is 0. The van der Waals surface area contributed by atoms with Crippen molar-refractivity contribution in [3.8, 4) is 11.5 Å². The van der Waals surface area contributed by atoms with E-state index < -0.39 is 10.8 Å². The van der Waals surface area contributed by atoms with Crippen molar-refractivity contribution in [3.05, 3.63) is 55.8 Å². The summed E-state index contributed by atoms with van der Waals surface area (Å²) in [5.41, 5.74) is 0.360. The van der Waals surface area contributed by atoms with Gasteiger partial charge in [-0.25, -0.2) is 0 Å². The van der Waals surface area contributed by atoms with Crippen molar-refractivity contribution in [2.24, 2.45) is 4.99 Å². The lowest BCUT2D eigenvalue weighted by molar-refractivity contribution is -0.385. The topological polar surface area (TPSA) is 96.0 Å². The summed E-state index contributed by atoms with van der Waals surface area (Å²) in [6.07, 6.45) is 0. The fourth-order valence-electron chi connectivity index (χ4n) is 2.84. The highest BCUT2D eigenvalue weighted by molar-refractivity contribution is 7.16. The second-order valence-corrected chi connectivity index (χ2v) is 7.08. The van der Waals surface area contributed by atoms with Crippen LogP contribution in [0.5, 0.6) is 11.5 Å². The number of hydrogen-bond donors (Lipinski definition) is 0. The zero-order chi connectivity index (χ0) is 19.1. The molecule has 0 radical (unpaired) electrons. The molecule has 2 heterocycles. The van der Waals surface area contributed by atoms with E-state index in [0.717, 1.165) is 10.2 Å². The zero-order valence-corrected chi connectivity index (χ0v) is 15.5. The molecule has 0 unspecified atom stereocenters. The minimum Gasteiger partial charge on any atom is -0.454 e. The Morgan fingerprint density at radius 2 is 2.07 bits per heavy atom. The Balaban J connectivity index is 1.87. The smallest absolute Gasteiger partial charge is 0.286 e. The van der Waals surface area contributed by atoms with Gasteiger partial charge in [-0.15, -0.1) is 0 Å². The molecule has 0 atom stereocenters. The number of nitrogens with zero attached hydrogens (tertiary/aromatic N) is 3. The fourth-order valence-corrected chi connectivity index (χ4v) is 4.11. The first-order valence-electron chi connectivity index (χ1n) is 7.94. The van der Waals surface area contributed by atoms with E-state index in [2.05, 4.69) is 4.99 Å². The van der Waals surface area contributed by atoms with Crippen molar-refractivity contribution in [1.82, 2.24) is 4.57 Å². The lowest BCUT2D eigenvalue weighted by Crippen LogP contribution is -2.16. The van der Waals surface area contributed by atoms with Gasteiger partial charge in [-0.1, -0.05) is 22.9 Å². The molecule has 27 heavy (non-hydrogen) atoms. The number of carbonyl (C=O) groups is 1. The highest BCUT2D eigenvalue weighted by Crippen LogP contribution is 2.37. The molecule has 1 aliphatic heterocycles. The summed E-state index contributed by atoms with van der Waals surface area (Å²) in [5, 5.41) is 11.4. The van der Waals surface area contributed by atoms with Gasteiger partial charge in [0.05, 0.1) is 15.1 Å². The number of benzene rings is 2. The molecule has 0 fully saturated rings. The minimum atomic E-state index is -0.724. The molecule has 10 heteroatoms. The summed E-state index contributed by atoms with van der Waals surface area (Å²) >= 11 is 7.19. The van der Waals surface area contributed by atoms with Crippen LogP contribution in [-0.2, 0) is 6.54 Å². The van der Waals surface area contributed by atoms with Gasteiger partial charge in [0, 0.05) is 29.8 Å². The molecule has 0 N–H and O–H groups in total. The molecular weight excluding hydrogens is 394 g/mol. The van der Waals surface area contributed by atoms with Gasteiger partial charge in [-0.2, -0.15) is 4.99 Å². The standard InChI is InChI=1S/C17H12ClN3O5S/c1-2-20-12-6-13-14(26-8-25-13)7-15(12)27-17(20)19-16(22)10-5-9(18)3-4-11(10)21(23)24/h3-7H,2,8H2,1H3. The molecule has 1 aromatic heterocycles. The first kappa shape index (κ1) is 17.5. The van der Waals surface area contributed by atoms with Crippen LogP contribution in [0.1, 0.15) is 17.3 Å². The van der Waals surface area contributed by atoms with Crippen LogP contribution in [0.2, 0.25) is 5.02 Å². The van der Waals surface area contributed by atoms with Gasteiger partial charge >= 0.3 is 0 Å². The number of ether oxygens (including phenoxy) is 2. The first-order chi connectivity index (χ1) is 13.0. The SMILES string of the molecule is CCn1c(=NC(=O)c2cc(Cl)ccc2[N+](=O)[O-])sc2cc3c(cc21)OCO3. The summed E-state index contributed by atoms with van der Waals surface area (Å²) in [4.78, 5) is 27.8. The average Bonchev–Trinajstić information content (AvgIpc) is 3.22. The minimum absolute atomic E-state index is 0.151. The zero-order valence-electron chi connectivity index (χ0n) is 14.0. The Morgan fingerprint density at radius 1 is 1.33 bits per heavy atom. The number of halogens is 1. The Hall–Kier alpha value is -2.91. The van der Waals surface area contributed by atoms with E-state index in [1.807, 2.05) is 23.6 Å². The van der Waals surface area contributed by atoms with Crippen LogP contribution in [0.25, 0.3) is 10.2 Å². The number of carbonyl (C=O) groups excluding carboxylic acids is 1. The second-order valence-electron chi connectivity index (χ2n) is 5.64. The molecule has 0 saturated carbocycles. The van der Waals surface area contributed by atoms with Crippen LogP contribution >= 0.6 is 22.9 Å². The number of amides is 1. The van der Waals surface area contributed by atoms with E-state index in [-0.39, 0.29) is 23.1 Å². The van der Waals surface area contributed by atoms with E-state index in [0.29, 0.717) is 22.8 Å². The molecule has 138 valence electrons. The number of aryl methyl sites for hydroxylation is 1. The van der Waals surface area contributed by atoms with Gasteiger partial charge in [0.2, 0.25) is 6.79 Å². The van der Waals surface area contributed by atoms with Gasteiger partial charge in [-0.05, 0) is 19.1 Å². The van der Waals surface area contributed by atoms with Crippen molar-refractivity contribution in [2.45, 2.75) is 13.5 Å². The third kappa shape index (κ3) is 3.04. The largest absolute Gasteiger partial charge is 0.454 e. The van der Waals surface area contributed by atoms with Crippen LogP contribution in [0.3, 0.4) is 0 Å². The molecule has 1 amide bonds. The molecule has 1 aliphatic rings. The number of thiazole rings is 1. The number of fused-ring (bicyclic) bond motifs is 2. The van der Waals surface area contributed by atoms with Crippen LogP contribution in [0.15, 0.2) is 35.3 Å². The molecule has 0 saturated heterocycles. The molecule has 3 aromatic rings. The molecule has 8 nitrogen and oxygen atoms in total. The Bertz CT molecular complexity index is 1170. The van der Waals surface area contributed by atoms with E-state index in [4.69, 9.17) is 21.1 Å². The Morgan fingerprint density at radius 3 is 2.78 bits per heavy atom. The van der Waals surface area contributed by atoms with E-state index >= 15 is 0 Å². The number of aromatic nitrogens is 1. The molecule has 4 rings (SSSR count). The van der Waals surface area contributed by atoms with Crippen molar-refractivity contribution < 1.29 is 19.2 Å². The van der Waals surface area contributed by atoms with Gasteiger partial charge in [0.25, 0.3) is 11.6 Å². The monoisotopic (exact) mass is 405 g/mol. The number of nitro benzene ring substituents is 1. The number of hydrogen-bond acceptors (Lipinski definition) is 6. The summed E-state index contributed by atoms with van der Waals surface area (Å²) < 4.78 is 13.5. The molecule has 0 spiro atoms. The molecule has 0 bridgehead atoms. The van der Waals surface area contributed by atoms with E-state index in [1.165, 1.54) is 29.5 Å². The normalized spacial score (nSPS) is 13.3. The third-order valence-electron chi connectivity index (χ3n) is 4.08. The maximum atomic E-state index is 12.7. The summed E-state index contributed by atoms with van der Waals surface area (Å²) in [6, 6.07) is 7.49. The lowest BCUT2D eigenvalue weighted by atomic mass is 10.2. The lowest BCUT2D eigenvalue weighted by Gasteiger charge is -2.02. The second kappa shape index (κ2) is 6.67. The average molecular weight is 406 g/mol. The highest BCUT2D eigenvalue weighted by Gasteiger charge is 2.21. The molecule has 2 aromatic carbocycles. The van der Waals surface area contributed by atoms with Gasteiger partial charge in [0.1, 0.15) is 5.56 Å². The van der Waals surface area contributed by atoms with Crippen LogP contribution in [0, 0.1) is 10.1 Å². The quantitative estimate of drug-likeness (QED) is 0.488. The maximum absolute atomic E-state index is 12.7. The van der Waals surface area contributed by atoms with Crippen molar-refractivity contribution in [2.75, 3.05) is 6.79 Å². The van der Waals surface area contributed by atoms with Crippen molar-refractivity contribution >= 4 is 44.7 Å². The highest BCUT2D eigenvalue weighted by atomic mass is 35.5. The van der Waals surface area contributed by atoms with Crippen LogP contribution in [-0.4, -0.2) is 22.2 Å². The Kier molecular flexibility index (Phi) is 4.33. The van der Waals surface area contributed by atoms with Crippen LogP contribution in [0.4, 0.5) is 5.69 Å². The predicted molar refractivity (Wildman–Crippen MR) is 99.6 cm³/mol. The predicted octanol–water partition coefficient (Wildman–Crippen LogP) is 3.75. The molecular formula is C17H12ClN3O5S. The van der Waals surface area contributed by atoms with E-state index in [9.17, 15) is 14.9 Å². The number of nitro groups is 1. The van der Waals surface area contributed by atoms with Crippen LogP contribution < -0.4 is 14.3 Å². The van der Waals surface area contributed by atoms with Crippen molar-refractivity contribution in [1.29, 1.82) is 0 Å². The third-order valence-corrected chi connectivity index (χ3v) is 5.35. The van der Waals surface area contributed by atoms with Gasteiger partial charge in [0.15, 0.2) is 16.3 Å². The van der Waals surface area contributed by atoms with Gasteiger partial charge < -0.3 is 14.0 Å². The summed E-state index contributed by atoms with van der Waals surface area (Å²) in [5.74, 6) is 0.541. The fraction of sp³-hybridized carbons (Fsp3) is 0.176. The number of rotatable bonds is 3. The van der Waals surface area contributed by atoms with Gasteiger partial charge in [-0.3, -0.25) is 14.9 Å². The Labute approximate surface area is 161 Å². The first-order valence-corrected chi connectivity index (χ1v) is 9.13. The maximum Gasteiger partial charge on any atom is 0.286 e. The van der Waals surface area contributed by atoms with Crippen molar-refractivity contribution in [3.63, 3.8) is 0 Å². The summed E-state index contributed by atoms with van der Waals surface area (Å²) in [6.45, 7) is 2.65. The van der Waals surface area contributed by atoms with E-state index in [1.54, 1.807) is 0 Å².